The second-order valence-corrected chi connectivity index (χ2v) is 4.94. The topological polar surface area (TPSA) is 37.3 Å². The maximum Gasteiger partial charge on any atom is 0.189 e. The molecule has 19 heavy (non-hydrogen) atoms. The lowest BCUT2D eigenvalue weighted by Gasteiger charge is -2.13. The van der Waals surface area contributed by atoms with E-state index < -0.39 is 0 Å². The number of pyridine rings is 1. The summed E-state index contributed by atoms with van der Waals surface area (Å²) in [6, 6.07) is 9.40. The number of para-hydroxylation sites is 1. The number of benzene rings is 1. The van der Waals surface area contributed by atoms with Crippen molar-refractivity contribution >= 4 is 10.9 Å². The summed E-state index contributed by atoms with van der Waals surface area (Å²) in [4.78, 5) is 13.9. The number of nitrogens with zero attached hydrogens (tertiary/aromatic N) is 2. The summed E-state index contributed by atoms with van der Waals surface area (Å²) in [7, 11) is 4.13. The summed E-state index contributed by atoms with van der Waals surface area (Å²) in [6.45, 7) is 3.78. The maximum atomic E-state index is 11.7. The average molecular weight is 259 g/mol. The Labute approximate surface area is 113 Å². The van der Waals surface area contributed by atoms with Gasteiger partial charge in [-0.15, -0.1) is 0 Å². The van der Waals surface area contributed by atoms with Crippen LogP contribution < -0.4 is 10.7 Å². The molecule has 0 saturated heterocycles. The number of likely N-dealkylation sites (N-methyl/N-ethyl adjacent to an activating group) is 1. The molecule has 4 nitrogen and oxygen atoms in total. The Morgan fingerprint density at radius 2 is 1.95 bits per heavy atom. The second kappa shape index (κ2) is 6.50. The molecule has 4 heteroatoms. The molecule has 1 aromatic carbocycles. The smallest absolute Gasteiger partial charge is 0.189 e. The predicted octanol–water partition coefficient (Wildman–Crippen LogP) is 1.15. The van der Waals surface area contributed by atoms with Crippen LogP contribution in [-0.2, 0) is 6.54 Å². The second-order valence-electron chi connectivity index (χ2n) is 4.94. The molecule has 2 aromatic rings. The minimum Gasteiger partial charge on any atom is -0.346 e. The highest BCUT2D eigenvalue weighted by Crippen LogP contribution is 2.08. The highest BCUT2D eigenvalue weighted by molar-refractivity contribution is 5.78. The molecule has 0 aliphatic carbocycles. The SMILES string of the molecule is CN(C)CCNCCn1ccc(=O)c2ccccc21. The average Bonchev–Trinajstić information content (AvgIpc) is 2.41. The Morgan fingerprint density at radius 3 is 2.74 bits per heavy atom. The minimum atomic E-state index is 0.0902. The Hall–Kier alpha value is -1.65. The monoisotopic (exact) mass is 259 g/mol. The molecule has 0 aliphatic rings. The molecule has 0 amide bonds. The van der Waals surface area contributed by atoms with Gasteiger partial charge in [0.15, 0.2) is 5.43 Å². The predicted molar refractivity (Wildman–Crippen MR) is 79.6 cm³/mol. The fraction of sp³-hybridized carbons (Fsp3) is 0.400. The summed E-state index contributed by atoms with van der Waals surface area (Å²) < 4.78 is 2.12. The van der Waals surface area contributed by atoms with Crippen LogP contribution in [-0.4, -0.2) is 43.2 Å². The van der Waals surface area contributed by atoms with Crippen molar-refractivity contribution in [3.63, 3.8) is 0 Å². The lowest BCUT2D eigenvalue weighted by Crippen LogP contribution is -2.29. The Morgan fingerprint density at radius 1 is 1.16 bits per heavy atom. The molecule has 2 rings (SSSR count). The molecule has 0 aliphatic heterocycles. The molecule has 0 radical (unpaired) electrons. The van der Waals surface area contributed by atoms with Gasteiger partial charge in [0, 0.05) is 43.8 Å². The van der Waals surface area contributed by atoms with E-state index >= 15 is 0 Å². The van der Waals surface area contributed by atoms with Crippen LogP contribution in [0.5, 0.6) is 0 Å². The summed E-state index contributed by atoms with van der Waals surface area (Å²) in [5.74, 6) is 0. The Kier molecular flexibility index (Phi) is 4.71. The van der Waals surface area contributed by atoms with Gasteiger partial charge in [0.25, 0.3) is 0 Å². The van der Waals surface area contributed by atoms with Crippen LogP contribution in [0.3, 0.4) is 0 Å². The van der Waals surface area contributed by atoms with Gasteiger partial charge in [-0.1, -0.05) is 12.1 Å². The molecule has 0 fully saturated rings. The van der Waals surface area contributed by atoms with Gasteiger partial charge >= 0.3 is 0 Å². The highest BCUT2D eigenvalue weighted by atomic mass is 16.1. The summed E-state index contributed by atoms with van der Waals surface area (Å²) in [5.41, 5.74) is 1.09. The van der Waals surface area contributed by atoms with Gasteiger partial charge in [0.2, 0.25) is 0 Å². The van der Waals surface area contributed by atoms with E-state index in [0.29, 0.717) is 0 Å². The third-order valence-electron chi connectivity index (χ3n) is 3.15. The van der Waals surface area contributed by atoms with E-state index in [1.807, 2.05) is 30.5 Å². The van der Waals surface area contributed by atoms with E-state index in [4.69, 9.17) is 0 Å². The first-order chi connectivity index (χ1) is 9.18. The Balaban J connectivity index is 2.01. The molecule has 0 spiro atoms. The standard InChI is InChI=1S/C15H21N3O/c1-17(2)11-8-16-9-12-18-10-7-15(19)13-5-3-4-6-14(13)18/h3-7,10,16H,8-9,11-12H2,1-2H3. The van der Waals surface area contributed by atoms with Gasteiger partial charge in [-0.05, 0) is 26.2 Å². The quantitative estimate of drug-likeness (QED) is 0.791. The van der Waals surface area contributed by atoms with Crippen LogP contribution in [0.4, 0.5) is 0 Å². The number of fused-ring (bicyclic) bond motifs is 1. The summed E-state index contributed by atoms with van der Waals surface area (Å²) >= 11 is 0. The third-order valence-corrected chi connectivity index (χ3v) is 3.15. The number of hydrogen-bond donors (Lipinski definition) is 1. The molecule has 0 saturated carbocycles. The molecule has 0 atom stereocenters. The molecule has 1 N–H and O–H groups in total. The van der Waals surface area contributed by atoms with Crippen molar-refractivity contribution in [2.75, 3.05) is 33.7 Å². The first-order valence-corrected chi connectivity index (χ1v) is 6.62. The van der Waals surface area contributed by atoms with Crippen LogP contribution in [0.2, 0.25) is 0 Å². The van der Waals surface area contributed by atoms with Crippen LogP contribution in [0.15, 0.2) is 41.3 Å². The zero-order valence-corrected chi connectivity index (χ0v) is 11.6. The van der Waals surface area contributed by atoms with E-state index in [9.17, 15) is 4.79 Å². The Bertz CT molecular complexity index is 589. The van der Waals surface area contributed by atoms with Gasteiger partial charge in [-0.25, -0.2) is 0 Å². The summed E-state index contributed by atoms with van der Waals surface area (Å²) in [5, 5.41) is 4.19. The molecule has 0 bridgehead atoms. The molecule has 102 valence electrons. The lowest BCUT2D eigenvalue weighted by atomic mass is 10.2. The van der Waals surface area contributed by atoms with E-state index in [2.05, 4.69) is 28.9 Å². The van der Waals surface area contributed by atoms with Crippen LogP contribution in [0, 0.1) is 0 Å². The van der Waals surface area contributed by atoms with Crippen molar-refractivity contribution in [1.29, 1.82) is 0 Å². The van der Waals surface area contributed by atoms with Crippen molar-refractivity contribution < 1.29 is 0 Å². The number of hydrogen-bond acceptors (Lipinski definition) is 3. The van der Waals surface area contributed by atoms with Gasteiger partial charge in [0.1, 0.15) is 0 Å². The minimum absolute atomic E-state index is 0.0902. The largest absolute Gasteiger partial charge is 0.346 e. The molecule has 1 aromatic heterocycles. The number of nitrogens with one attached hydrogen (secondary N) is 1. The van der Waals surface area contributed by atoms with E-state index in [0.717, 1.165) is 37.1 Å². The van der Waals surface area contributed by atoms with Gasteiger partial charge in [0.05, 0.1) is 5.52 Å². The third kappa shape index (κ3) is 3.66. The van der Waals surface area contributed by atoms with Crippen molar-refractivity contribution in [1.82, 2.24) is 14.8 Å². The zero-order valence-electron chi connectivity index (χ0n) is 11.6. The van der Waals surface area contributed by atoms with Gasteiger partial charge in [-0.2, -0.15) is 0 Å². The first kappa shape index (κ1) is 13.8. The molecular formula is C15H21N3O. The van der Waals surface area contributed by atoms with Crippen LogP contribution >= 0.6 is 0 Å². The maximum absolute atomic E-state index is 11.7. The molecule has 0 unspecified atom stereocenters. The number of rotatable bonds is 6. The molecular weight excluding hydrogens is 238 g/mol. The zero-order chi connectivity index (χ0) is 13.7. The lowest BCUT2D eigenvalue weighted by molar-refractivity contribution is 0.398. The highest BCUT2D eigenvalue weighted by Gasteiger charge is 2.01. The van der Waals surface area contributed by atoms with E-state index in [1.165, 1.54) is 0 Å². The van der Waals surface area contributed by atoms with Crippen molar-refractivity contribution in [3.05, 3.63) is 46.8 Å². The number of aromatic nitrogens is 1. The normalized spacial score (nSPS) is 11.3. The molecule has 1 heterocycles. The summed E-state index contributed by atoms with van der Waals surface area (Å²) in [6.07, 6.45) is 1.87. The van der Waals surface area contributed by atoms with E-state index in [-0.39, 0.29) is 5.43 Å². The van der Waals surface area contributed by atoms with Gasteiger partial charge in [-0.3, -0.25) is 4.79 Å². The van der Waals surface area contributed by atoms with Gasteiger partial charge < -0.3 is 14.8 Å². The van der Waals surface area contributed by atoms with Crippen molar-refractivity contribution in [3.8, 4) is 0 Å². The van der Waals surface area contributed by atoms with Crippen LogP contribution in [0.25, 0.3) is 10.9 Å². The fourth-order valence-corrected chi connectivity index (χ4v) is 2.08. The fourth-order valence-electron chi connectivity index (χ4n) is 2.08. The first-order valence-electron chi connectivity index (χ1n) is 6.62. The van der Waals surface area contributed by atoms with E-state index in [1.54, 1.807) is 6.07 Å². The van der Waals surface area contributed by atoms with Crippen LogP contribution in [0.1, 0.15) is 0 Å². The van der Waals surface area contributed by atoms with Crippen molar-refractivity contribution in [2.24, 2.45) is 0 Å². The van der Waals surface area contributed by atoms with Crippen molar-refractivity contribution in [2.45, 2.75) is 6.54 Å².